The summed E-state index contributed by atoms with van der Waals surface area (Å²) >= 11 is 5.90. The van der Waals surface area contributed by atoms with Gasteiger partial charge in [-0.3, -0.25) is 14.7 Å². The highest BCUT2D eigenvalue weighted by Gasteiger charge is 2.34. The molecule has 0 fully saturated rings. The SMILES string of the molecule is CCP(=O)(OCC(=O)OC(C)(C)C)c1cc(Oc2ccc(C(F)(F)F)cc2Cl)ccc1[N+](=O)[O-]. The number of nitrogens with zero attached hydrogens (tertiary/aromatic N) is 1. The fourth-order valence-electron chi connectivity index (χ4n) is 2.74. The molecule has 2 aromatic rings. The lowest BCUT2D eigenvalue weighted by atomic mass is 10.2. The molecule has 0 spiro atoms. The first kappa shape index (κ1) is 27.6. The van der Waals surface area contributed by atoms with E-state index in [0.29, 0.717) is 6.07 Å². The van der Waals surface area contributed by atoms with Crippen LogP contribution in [0.5, 0.6) is 11.5 Å². The van der Waals surface area contributed by atoms with E-state index in [1.807, 2.05) is 0 Å². The molecule has 2 rings (SSSR count). The van der Waals surface area contributed by atoms with Crippen LogP contribution in [0.4, 0.5) is 18.9 Å². The van der Waals surface area contributed by atoms with Crippen LogP contribution >= 0.6 is 19.0 Å². The molecule has 186 valence electrons. The fourth-order valence-corrected chi connectivity index (χ4v) is 4.76. The second kappa shape index (κ2) is 10.3. The van der Waals surface area contributed by atoms with E-state index in [2.05, 4.69) is 0 Å². The van der Waals surface area contributed by atoms with Crippen LogP contribution in [-0.4, -0.2) is 29.3 Å². The van der Waals surface area contributed by atoms with Gasteiger partial charge in [0.05, 0.1) is 15.5 Å². The van der Waals surface area contributed by atoms with E-state index in [1.165, 1.54) is 13.0 Å². The van der Waals surface area contributed by atoms with Gasteiger partial charge in [0.1, 0.15) is 22.4 Å². The van der Waals surface area contributed by atoms with Crippen molar-refractivity contribution in [2.45, 2.75) is 39.5 Å². The number of alkyl halides is 3. The molecule has 8 nitrogen and oxygen atoms in total. The molecule has 1 atom stereocenters. The molecule has 0 aliphatic heterocycles. The van der Waals surface area contributed by atoms with E-state index in [1.54, 1.807) is 20.8 Å². The smallest absolute Gasteiger partial charge is 0.416 e. The average molecular weight is 524 g/mol. The lowest BCUT2D eigenvalue weighted by Gasteiger charge is -2.21. The molecule has 1 unspecified atom stereocenters. The van der Waals surface area contributed by atoms with Gasteiger partial charge in [0.15, 0.2) is 6.61 Å². The first-order valence-electron chi connectivity index (χ1n) is 9.85. The van der Waals surface area contributed by atoms with Gasteiger partial charge in [-0.25, -0.2) is 4.79 Å². The molecule has 0 aliphatic carbocycles. The summed E-state index contributed by atoms with van der Waals surface area (Å²) in [6, 6.07) is 5.68. The van der Waals surface area contributed by atoms with Crippen LogP contribution in [0.25, 0.3) is 0 Å². The largest absolute Gasteiger partial charge is 0.458 e. The number of nitro benzene ring substituents is 1. The maximum Gasteiger partial charge on any atom is 0.416 e. The minimum Gasteiger partial charge on any atom is -0.458 e. The van der Waals surface area contributed by atoms with Crippen LogP contribution < -0.4 is 10.0 Å². The lowest BCUT2D eigenvalue weighted by molar-refractivity contribution is -0.383. The molecule has 0 N–H and O–H groups in total. The van der Waals surface area contributed by atoms with Crippen LogP contribution in [0, 0.1) is 10.1 Å². The van der Waals surface area contributed by atoms with Crippen LogP contribution in [0.15, 0.2) is 36.4 Å². The number of carbonyl (C=O) groups is 1. The Labute approximate surface area is 198 Å². The Morgan fingerprint density at radius 2 is 1.79 bits per heavy atom. The quantitative estimate of drug-likeness (QED) is 0.172. The summed E-state index contributed by atoms with van der Waals surface area (Å²) in [5.41, 5.74) is -2.35. The summed E-state index contributed by atoms with van der Waals surface area (Å²) < 4.78 is 67.9. The van der Waals surface area contributed by atoms with Crippen molar-refractivity contribution in [3.05, 3.63) is 57.1 Å². The Morgan fingerprint density at radius 1 is 1.15 bits per heavy atom. The van der Waals surface area contributed by atoms with Crippen molar-refractivity contribution in [2.24, 2.45) is 0 Å². The summed E-state index contributed by atoms with van der Waals surface area (Å²) in [7, 11) is -3.94. The molecule has 0 heterocycles. The van der Waals surface area contributed by atoms with Gasteiger partial charge < -0.3 is 14.0 Å². The molecule has 0 amide bonds. The molecule has 0 radical (unpaired) electrons. The Balaban J connectivity index is 2.39. The maximum absolute atomic E-state index is 13.5. The molecule has 0 saturated carbocycles. The molecule has 0 aromatic heterocycles. The predicted molar refractivity (Wildman–Crippen MR) is 119 cm³/mol. The number of ether oxygens (including phenoxy) is 2. The molecule has 2 aromatic carbocycles. The zero-order valence-corrected chi connectivity index (χ0v) is 20.3. The van der Waals surface area contributed by atoms with Gasteiger partial charge in [0, 0.05) is 18.3 Å². The minimum atomic E-state index is -4.61. The zero-order chi connectivity index (χ0) is 25.9. The number of nitro groups is 1. The van der Waals surface area contributed by atoms with Gasteiger partial charge in [0.2, 0.25) is 7.37 Å². The molecular weight excluding hydrogens is 502 g/mol. The van der Waals surface area contributed by atoms with Gasteiger partial charge in [0.25, 0.3) is 5.69 Å². The first-order valence-corrected chi connectivity index (χ1v) is 12.0. The third-order valence-corrected chi connectivity index (χ3v) is 6.99. The third kappa shape index (κ3) is 7.19. The maximum atomic E-state index is 13.5. The Bertz CT molecular complexity index is 1130. The second-order valence-corrected chi connectivity index (χ2v) is 11.1. The summed E-state index contributed by atoms with van der Waals surface area (Å²) in [6.45, 7) is 5.63. The van der Waals surface area contributed by atoms with Crippen molar-refractivity contribution < 1.29 is 41.5 Å². The Morgan fingerprint density at radius 3 is 2.29 bits per heavy atom. The van der Waals surface area contributed by atoms with E-state index in [9.17, 15) is 32.6 Å². The standard InChI is InChI=1S/C21H22ClF3NO7P/c1-5-34(30,31-12-19(27)33-20(2,3)4)18-11-14(7-8-16(18)26(28)29)32-17-9-6-13(10-15(17)22)21(23,24)25/h6-11H,5,12H2,1-4H3. The summed E-state index contributed by atoms with van der Waals surface area (Å²) in [5.74, 6) is -1.06. The Hall–Kier alpha value is -2.62. The number of hydrogen-bond donors (Lipinski definition) is 0. The van der Waals surface area contributed by atoms with Crippen molar-refractivity contribution in [2.75, 3.05) is 12.8 Å². The van der Waals surface area contributed by atoms with E-state index in [0.717, 1.165) is 24.3 Å². The highest BCUT2D eigenvalue weighted by molar-refractivity contribution is 7.67. The normalized spacial score (nSPS) is 13.8. The number of hydrogen-bond acceptors (Lipinski definition) is 7. The van der Waals surface area contributed by atoms with E-state index >= 15 is 0 Å². The number of halogens is 4. The topological polar surface area (TPSA) is 105 Å². The van der Waals surface area contributed by atoms with Crippen LogP contribution in [0.1, 0.15) is 33.3 Å². The van der Waals surface area contributed by atoms with E-state index in [4.69, 9.17) is 25.6 Å². The number of esters is 1. The van der Waals surface area contributed by atoms with Crippen molar-refractivity contribution >= 4 is 35.9 Å². The van der Waals surface area contributed by atoms with Gasteiger partial charge in [-0.2, -0.15) is 13.2 Å². The Kier molecular flexibility index (Phi) is 8.39. The first-order chi connectivity index (χ1) is 15.6. The predicted octanol–water partition coefficient (Wildman–Crippen LogP) is 6.34. The molecule has 0 saturated heterocycles. The summed E-state index contributed by atoms with van der Waals surface area (Å²) in [4.78, 5) is 22.8. The third-order valence-electron chi connectivity index (χ3n) is 4.22. The fraction of sp³-hybridized carbons (Fsp3) is 0.381. The highest BCUT2D eigenvalue weighted by Crippen LogP contribution is 2.49. The van der Waals surface area contributed by atoms with Gasteiger partial charge in [-0.05, 0) is 45.0 Å². The molecule has 13 heteroatoms. The zero-order valence-electron chi connectivity index (χ0n) is 18.6. The molecule has 0 aliphatic rings. The molecular formula is C21H22ClF3NO7P. The monoisotopic (exact) mass is 523 g/mol. The number of benzene rings is 2. The number of rotatable bonds is 8. The lowest BCUT2D eigenvalue weighted by Crippen LogP contribution is -2.27. The van der Waals surface area contributed by atoms with Gasteiger partial charge >= 0.3 is 12.1 Å². The second-order valence-electron chi connectivity index (χ2n) is 8.00. The van der Waals surface area contributed by atoms with Crippen molar-refractivity contribution in [3.63, 3.8) is 0 Å². The van der Waals surface area contributed by atoms with E-state index in [-0.39, 0.29) is 28.0 Å². The minimum absolute atomic E-state index is 0.0863. The van der Waals surface area contributed by atoms with Crippen molar-refractivity contribution in [1.82, 2.24) is 0 Å². The van der Waals surface area contributed by atoms with Gasteiger partial charge in [-0.15, -0.1) is 0 Å². The molecule has 0 bridgehead atoms. The van der Waals surface area contributed by atoms with Crippen LogP contribution in [-0.2, 0) is 24.8 Å². The number of carbonyl (C=O) groups excluding carboxylic acids is 1. The van der Waals surface area contributed by atoms with Crippen LogP contribution in [0.2, 0.25) is 5.02 Å². The molecule has 34 heavy (non-hydrogen) atoms. The highest BCUT2D eigenvalue weighted by atomic mass is 35.5. The van der Waals surface area contributed by atoms with Crippen LogP contribution in [0.3, 0.4) is 0 Å². The van der Waals surface area contributed by atoms with Crippen molar-refractivity contribution in [3.8, 4) is 11.5 Å². The van der Waals surface area contributed by atoms with Crippen molar-refractivity contribution in [1.29, 1.82) is 0 Å². The van der Waals surface area contributed by atoms with Gasteiger partial charge in [-0.1, -0.05) is 18.5 Å². The summed E-state index contributed by atoms with van der Waals surface area (Å²) in [5, 5.41) is 10.9. The van der Waals surface area contributed by atoms with E-state index < -0.39 is 47.9 Å². The summed E-state index contributed by atoms with van der Waals surface area (Å²) in [6.07, 6.45) is -4.80. The average Bonchev–Trinajstić information content (AvgIpc) is 2.71.